The van der Waals surface area contributed by atoms with E-state index in [0.29, 0.717) is 0 Å². The maximum atomic E-state index is 11.4. The fourth-order valence-electron chi connectivity index (χ4n) is 1.64. The van der Waals surface area contributed by atoms with Gasteiger partial charge in [-0.2, -0.15) is 0 Å². The number of esters is 2. The van der Waals surface area contributed by atoms with Crippen molar-refractivity contribution in [2.45, 2.75) is 12.5 Å². The lowest BCUT2D eigenvalue weighted by molar-refractivity contribution is -0.157. The molecular formula is C10H14O5. The highest BCUT2D eigenvalue weighted by Crippen LogP contribution is 2.27. The predicted molar refractivity (Wildman–Crippen MR) is 50.8 cm³/mol. The van der Waals surface area contributed by atoms with Gasteiger partial charge in [-0.3, -0.25) is 9.59 Å². The van der Waals surface area contributed by atoms with Crippen molar-refractivity contribution in [3.05, 3.63) is 12.2 Å². The minimum atomic E-state index is -0.713. The zero-order valence-electron chi connectivity index (χ0n) is 8.67. The van der Waals surface area contributed by atoms with E-state index in [2.05, 4.69) is 9.47 Å². The molecule has 1 aliphatic rings. The average Bonchev–Trinajstić information content (AvgIpc) is 2.26. The van der Waals surface area contributed by atoms with Crippen molar-refractivity contribution in [1.82, 2.24) is 0 Å². The number of aliphatic hydroxyl groups excluding tert-OH is 1. The van der Waals surface area contributed by atoms with Crippen molar-refractivity contribution < 1.29 is 24.2 Å². The summed E-state index contributed by atoms with van der Waals surface area (Å²) in [6.45, 7) is 0. The molecule has 0 amide bonds. The molecule has 3 unspecified atom stereocenters. The van der Waals surface area contributed by atoms with Gasteiger partial charge in [0.2, 0.25) is 0 Å². The van der Waals surface area contributed by atoms with Crippen LogP contribution in [-0.4, -0.2) is 37.4 Å². The molecule has 1 aliphatic carbocycles. The summed E-state index contributed by atoms with van der Waals surface area (Å²) in [6.07, 6.45) is 2.45. The molecule has 84 valence electrons. The number of carbonyl (C=O) groups excluding carboxylic acids is 2. The number of rotatable bonds is 2. The summed E-state index contributed by atoms with van der Waals surface area (Å²) in [7, 11) is 2.51. The molecule has 0 bridgehead atoms. The van der Waals surface area contributed by atoms with E-state index in [1.807, 2.05) is 0 Å². The SMILES string of the molecule is COC(=O)C1C=CC(O)CC1C(=O)OC. The molecule has 0 spiro atoms. The van der Waals surface area contributed by atoms with Crippen LogP contribution in [-0.2, 0) is 19.1 Å². The molecule has 1 N–H and O–H groups in total. The Morgan fingerprint density at radius 3 is 2.33 bits per heavy atom. The first-order chi connectivity index (χ1) is 7.10. The smallest absolute Gasteiger partial charge is 0.313 e. The van der Waals surface area contributed by atoms with Gasteiger partial charge < -0.3 is 14.6 Å². The number of hydrogen-bond donors (Lipinski definition) is 1. The predicted octanol–water partition coefficient (Wildman–Crippen LogP) is -0.114. The first-order valence-corrected chi connectivity index (χ1v) is 4.62. The molecule has 0 heterocycles. The number of aliphatic hydroxyl groups is 1. The van der Waals surface area contributed by atoms with Gasteiger partial charge in [-0.1, -0.05) is 12.2 Å². The van der Waals surface area contributed by atoms with E-state index in [-0.39, 0.29) is 6.42 Å². The lowest BCUT2D eigenvalue weighted by Crippen LogP contribution is -2.35. The molecule has 0 radical (unpaired) electrons. The minimum absolute atomic E-state index is 0.183. The van der Waals surface area contributed by atoms with E-state index >= 15 is 0 Å². The van der Waals surface area contributed by atoms with Gasteiger partial charge in [0, 0.05) is 0 Å². The van der Waals surface area contributed by atoms with Gasteiger partial charge in [-0.15, -0.1) is 0 Å². The van der Waals surface area contributed by atoms with Gasteiger partial charge in [0.15, 0.2) is 0 Å². The second-order valence-corrected chi connectivity index (χ2v) is 3.37. The molecule has 5 heteroatoms. The van der Waals surface area contributed by atoms with Gasteiger partial charge in [-0.05, 0) is 6.42 Å². The van der Waals surface area contributed by atoms with Crippen molar-refractivity contribution >= 4 is 11.9 Å². The van der Waals surface area contributed by atoms with Crippen molar-refractivity contribution in [3.8, 4) is 0 Å². The third kappa shape index (κ3) is 2.56. The van der Waals surface area contributed by atoms with E-state index in [9.17, 15) is 14.7 Å². The second kappa shape index (κ2) is 4.93. The summed E-state index contributed by atoms with van der Waals surface area (Å²) in [5.41, 5.74) is 0. The lowest BCUT2D eigenvalue weighted by Gasteiger charge is -2.25. The van der Waals surface area contributed by atoms with Gasteiger partial charge >= 0.3 is 11.9 Å². The second-order valence-electron chi connectivity index (χ2n) is 3.37. The van der Waals surface area contributed by atoms with E-state index in [4.69, 9.17) is 0 Å². The monoisotopic (exact) mass is 214 g/mol. The third-order valence-corrected chi connectivity index (χ3v) is 2.45. The van der Waals surface area contributed by atoms with Crippen LogP contribution in [0, 0.1) is 11.8 Å². The molecule has 1 rings (SSSR count). The van der Waals surface area contributed by atoms with Gasteiger partial charge in [0.05, 0.1) is 32.2 Å². The maximum absolute atomic E-state index is 11.4. The summed E-state index contributed by atoms with van der Waals surface area (Å²) >= 11 is 0. The highest BCUT2D eigenvalue weighted by atomic mass is 16.5. The molecule has 15 heavy (non-hydrogen) atoms. The quantitative estimate of drug-likeness (QED) is 0.512. The Balaban J connectivity index is 2.85. The molecule has 0 aliphatic heterocycles. The van der Waals surface area contributed by atoms with Crippen molar-refractivity contribution in [2.75, 3.05) is 14.2 Å². The van der Waals surface area contributed by atoms with Crippen LogP contribution in [0.15, 0.2) is 12.2 Å². The zero-order valence-corrected chi connectivity index (χ0v) is 8.67. The topological polar surface area (TPSA) is 72.8 Å². The molecule has 0 fully saturated rings. The highest BCUT2D eigenvalue weighted by molar-refractivity contribution is 5.83. The van der Waals surface area contributed by atoms with Gasteiger partial charge in [0.25, 0.3) is 0 Å². The molecule has 5 nitrogen and oxygen atoms in total. The summed E-state index contributed by atoms with van der Waals surface area (Å²) in [5, 5.41) is 9.35. The van der Waals surface area contributed by atoms with Crippen molar-refractivity contribution in [1.29, 1.82) is 0 Å². The van der Waals surface area contributed by atoms with Crippen LogP contribution in [0.1, 0.15) is 6.42 Å². The standard InChI is InChI=1S/C10H14O5/c1-14-9(12)7-4-3-6(11)5-8(7)10(13)15-2/h3-4,6-8,11H,5H2,1-2H3. The van der Waals surface area contributed by atoms with Crippen LogP contribution in [0.25, 0.3) is 0 Å². The number of ether oxygens (including phenoxy) is 2. The molecular weight excluding hydrogens is 200 g/mol. The molecule has 0 saturated heterocycles. The van der Waals surface area contributed by atoms with Crippen LogP contribution in [0.3, 0.4) is 0 Å². The van der Waals surface area contributed by atoms with E-state index < -0.39 is 29.9 Å². The Morgan fingerprint density at radius 1 is 1.20 bits per heavy atom. The van der Waals surface area contributed by atoms with Crippen LogP contribution < -0.4 is 0 Å². The first kappa shape index (κ1) is 11.7. The number of methoxy groups -OCH3 is 2. The fraction of sp³-hybridized carbons (Fsp3) is 0.600. The Hall–Kier alpha value is -1.36. The Kier molecular flexibility index (Phi) is 3.85. The van der Waals surface area contributed by atoms with Crippen molar-refractivity contribution in [3.63, 3.8) is 0 Å². The fourth-order valence-corrected chi connectivity index (χ4v) is 1.64. The van der Waals surface area contributed by atoms with Crippen LogP contribution in [0.4, 0.5) is 0 Å². The minimum Gasteiger partial charge on any atom is -0.469 e. The molecule has 0 aromatic heterocycles. The summed E-state index contributed by atoms with van der Waals surface area (Å²) < 4.78 is 9.14. The van der Waals surface area contributed by atoms with E-state index in [1.54, 1.807) is 0 Å². The summed E-state index contributed by atoms with van der Waals surface area (Å²) in [6, 6.07) is 0. The Morgan fingerprint density at radius 2 is 1.80 bits per heavy atom. The highest BCUT2D eigenvalue weighted by Gasteiger charge is 2.37. The maximum Gasteiger partial charge on any atom is 0.313 e. The largest absolute Gasteiger partial charge is 0.469 e. The zero-order chi connectivity index (χ0) is 11.4. The van der Waals surface area contributed by atoms with Gasteiger partial charge in [-0.25, -0.2) is 0 Å². The summed E-state index contributed by atoms with van der Waals surface area (Å²) in [4.78, 5) is 22.7. The first-order valence-electron chi connectivity index (χ1n) is 4.62. The normalized spacial score (nSPS) is 29.7. The average molecular weight is 214 g/mol. The lowest BCUT2D eigenvalue weighted by atomic mass is 9.83. The van der Waals surface area contributed by atoms with Crippen LogP contribution in [0.5, 0.6) is 0 Å². The van der Waals surface area contributed by atoms with E-state index in [0.717, 1.165) is 0 Å². The number of carbonyl (C=O) groups is 2. The van der Waals surface area contributed by atoms with Gasteiger partial charge in [0.1, 0.15) is 0 Å². The Labute approximate surface area is 87.7 Å². The summed E-state index contributed by atoms with van der Waals surface area (Å²) in [5.74, 6) is -2.32. The molecule has 0 saturated carbocycles. The Bertz CT molecular complexity index is 284. The number of hydrogen-bond acceptors (Lipinski definition) is 5. The molecule has 0 aromatic rings. The molecule has 0 aromatic carbocycles. The van der Waals surface area contributed by atoms with Crippen molar-refractivity contribution in [2.24, 2.45) is 11.8 Å². The van der Waals surface area contributed by atoms with Crippen LogP contribution in [0.2, 0.25) is 0 Å². The van der Waals surface area contributed by atoms with Crippen LogP contribution >= 0.6 is 0 Å². The molecule has 3 atom stereocenters. The van der Waals surface area contributed by atoms with E-state index in [1.165, 1.54) is 26.4 Å². The third-order valence-electron chi connectivity index (χ3n) is 2.45.